The molecular formula is C15H19F3N2. The average molecular weight is 284 g/mol. The largest absolute Gasteiger partial charge is 0.394 e. The first-order valence-electron chi connectivity index (χ1n) is 7.12. The van der Waals surface area contributed by atoms with Gasteiger partial charge in [-0.1, -0.05) is 24.3 Å². The molecule has 1 atom stereocenters. The average Bonchev–Trinajstić information content (AvgIpc) is 2.65. The van der Waals surface area contributed by atoms with Gasteiger partial charge in [-0.15, -0.1) is 0 Å². The SMILES string of the molecule is FC(F)(F)C1CNCCN(C2Cc3ccccc3C2)C1. The van der Waals surface area contributed by atoms with Gasteiger partial charge in [0.05, 0.1) is 5.92 Å². The van der Waals surface area contributed by atoms with Crippen molar-refractivity contribution in [2.75, 3.05) is 26.2 Å². The van der Waals surface area contributed by atoms with Gasteiger partial charge in [0.15, 0.2) is 0 Å². The van der Waals surface area contributed by atoms with E-state index in [0.29, 0.717) is 13.1 Å². The second-order valence-electron chi connectivity index (χ2n) is 5.77. The highest BCUT2D eigenvalue weighted by atomic mass is 19.4. The Balaban J connectivity index is 1.71. The van der Waals surface area contributed by atoms with Gasteiger partial charge in [0.1, 0.15) is 0 Å². The topological polar surface area (TPSA) is 15.3 Å². The molecule has 1 aliphatic carbocycles. The molecule has 20 heavy (non-hydrogen) atoms. The van der Waals surface area contributed by atoms with E-state index in [1.165, 1.54) is 11.1 Å². The van der Waals surface area contributed by atoms with Gasteiger partial charge in [0.25, 0.3) is 0 Å². The van der Waals surface area contributed by atoms with Crippen molar-refractivity contribution in [1.29, 1.82) is 0 Å². The number of fused-ring (bicyclic) bond motifs is 1. The predicted octanol–water partition coefficient (Wildman–Crippen LogP) is 2.24. The Hall–Kier alpha value is -1.07. The first-order valence-corrected chi connectivity index (χ1v) is 7.12. The zero-order valence-corrected chi connectivity index (χ0v) is 11.3. The molecule has 1 unspecified atom stereocenters. The minimum absolute atomic E-state index is 0.0413. The van der Waals surface area contributed by atoms with Gasteiger partial charge in [0.2, 0.25) is 0 Å². The lowest BCUT2D eigenvalue weighted by atomic mass is 10.1. The molecule has 1 aromatic carbocycles. The fourth-order valence-corrected chi connectivity index (χ4v) is 3.28. The van der Waals surface area contributed by atoms with Gasteiger partial charge >= 0.3 is 6.18 Å². The summed E-state index contributed by atoms with van der Waals surface area (Å²) in [5.74, 6) is -1.26. The Morgan fingerprint density at radius 2 is 1.75 bits per heavy atom. The molecule has 110 valence electrons. The number of nitrogens with one attached hydrogen (secondary N) is 1. The first-order chi connectivity index (χ1) is 9.54. The summed E-state index contributed by atoms with van der Waals surface area (Å²) in [7, 11) is 0. The van der Waals surface area contributed by atoms with Crippen LogP contribution in [0.25, 0.3) is 0 Å². The van der Waals surface area contributed by atoms with Crippen molar-refractivity contribution in [3.05, 3.63) is 35.4 Å². The van der Waals surface area contributed by atoms with Crippen molar-refractivity contribution >= 4 is 0 Å². The Bertz CT molecular complexity index is 447. The van der Waals surface area contributed by atoms with Crippen molar-refractivity contribution in [3.63, 3.8) is 0 Å². The molecule has 0 amide bonds. The van der Waals surface area contributed by atoms with Gasteiger partial charge in [-0.2, -0.15) is 13.2 Å². The minimum atomic E-state index is -4.11. The van der Waals surface area contributed by atoms with Gasteiger partial charge in [-0.05, 0) is 24.0 Å². The van der Waals surface area contributed by atoms with E-state index in [2.05, 4.69) is 17.4 Å². The Kier molecular flexibility index (Phi) is 3.73. The molecule has 2 aliphatic rings. The van der Waals surface area contributed by atoms with E-state index >= 15 is 0 Å². The smallest absolute Gasteiger partial charge is 0.315 e. The molecule has 1 heterocycles. The Morgan fingerprint density at radius 1 is 1.10 bits per heavy atom. The highest BCUT2D eigenvalue weighted by Crippen LogP contribution is 2.31. The van der Waals surface area contributed by atoms with Crippen molar-refractivity contribution in [3.8, 4) is 0 Å². The quantitative estimate of drug-likeness (QED) is 0.851. The van der Waals surface area contributed by atoms with Gasteiger partial charge in [-0.25, -0.2) is 0 Å². The van der Waals surface area contributed by atoms with Crippen molar-refractivity contribution in [2.24, 2.45) is 5.92 Å². The van der Waals surface area contributed by atoms with Crippen LogP contribution in [-0.4, -0.2) is 43.3 Å². The molecule has 0 spiro atoms. The molecule has 3 rings (SSSR count). The first kappa shape index (κ1) is 13.9. The summed E-state index contributed by atoms with van der Waals surface area (Å²) in [6.07, 6.45) is -2.36. The van der Waals surface area contributed by atoms with Gasteiger partial charge < -0.3 is 5.32 Å². The van der Waals surface area contributed by atoms with Crippen LogP contribution in [-0.2, 0) is 12.8 Å². The monoisotopic (exact) mass is 284 g/mol. The second kappa shape index (κ2) is 5.37. The fraction of sp³-hybridized carbons (Fsp3) is 0.600. The number of rotatable bonds is 1. The summed E-state index contributed by atoms with van der Waals surface area (Å²) in [5.41, 5.74) is 2.58. The highest BCUT2D eigenvalue weighted by Gasteiger charge is 2.42. The molecule has 0 bridgehead atoms. The maximum absolute atomic E-state index is 13.0. The Morgan fingerprint density at radius 3 is 2.35 bits per heavy atom. The molecule has 0 radical (unpaired) electrons. The zero-order valence-electron chi connectivity index (χ0n) is 11.3. The van der Waals surface area contributed by atoms with E-state index < -0.39 is 12.1 Å². The predicted molar refractivity (Wildman–Crippen MR) is 71.6 cm³/mol. The molecule has 1 N–H and O–H groups in total. The fourth-order valence-electron chi connectivity index (χ4n) is 3.28. The maximum Gasteiger partial charge on any atom is 0.394 e. The third-order valence-corrected chi connectivity index (χ3v) is 4.43. The molecule has 0 aromatic heterocycles. The van der Waals surface area contributed by atoms with Crippen LogP contribution in [0.5, 0.6) is 0 Å². The lowest BCUT2D eigenvalue weighted by Gasteiger charge is -2.30. The molecule has 1 saturated heterocycles. The normalized spacial score (nSPS) is 25.4. The molecule has 1 aliphatic heterocycles. The minimum Gasteiger partial charge on any atom is -0.315 e. The lowest BCUT2D eigenvalue weighted by Crippen LogP contribution is -2.43. The van der Waals surface area contributed by atoms with Crippen molar-refractivity contribution in [1.82, 2.24) is 10.2 Å². The van der Waals surface area contributed by atoms with E-state index in [0.717, 1.165) is 12.8 Å². The molecule has 0 saturated carbocycles. The van der Waals surface area contributed by atoms with Gasteiger partial charge in [0, 0.05) is 32.2 Å². The summed E-state index contributed by atoms with van der Waals surface area (Å²) in [6, 6.07) is 8.41. The van der Waals surface area contributed by atoms with Crippen LogP contribution in [0.3, 0.4) is 0 Å². The lowest BCUT2D eigenvalue weighted by molar-refractivity contribution is -0.176. The van der Waals surface area contributed by atoms with Crippen LogP contribution >= 0.6 is 0 Å². The number of benzene rings is 1. The summed E-state index contributed by atoms with van der Waals surface area (Å²) < 4.78 is 38.9. The molecule has 1 aromatic rings. The van der Waals surface area contributed by atoms with Crippen LogP contribution < -0.4 is 5.32 Å². The van der Waals surface area contributed by atoms with Crippen molar-refractivity contribution < 1.29 is 13.2 Å². The Labute approximate surface area is 117 Å². The van der Waals surface area contributed by atoms with E-state index in [-0.39, 0.29) is 19.1 Å². The number of halogens is 3. The molecule has 1 fully saturated rings. The molecular weight excluding hydrogens is 265 g/mol. The summed E-state index contributed by atoms with van der Waals surface area (Å²) in [4.78, 5) is 2.03. The number of alkyl halides is 3. The third kappa shape index (κ3) is 2.83. The standard InChI is InChI=1S/C15H19F3N2/c16-15(17,18)13-9-19-5-6-20(10-13)14-7-11-3-1-2-4-12(11)8-14/h1-4,13-14,19H,5-10H2. The summed E-state index contributed by atoms with van der Waals surface area (Å²) in [6.45, 7) is 1.50. The number of hydrogen-bond donors (Lipinski definition) is 1. The van der Waals surface area contributed by atoms with E-state index in [9.17, 15) is 13.2 Å². The maximum atomic E-state index is 13.0. The number of hydrogen-bond acceptors (Lipinski definition) is 2. The second-order valence-corrected chi connectivity index (χ2v) is 5.77. The highest BCUT2D eigenvalue weighted by molar-refractivity contribution is 5.33. The zero-order chi connectivity index (χ0) is 14.2. The van der Waals surface area contributed by atoms with Gasteiger partial charge in [-0.3, -0.25) is 4.90 Å². The van der Waals surface area contributed by atoms with Crippen LogP contribution in [0.15, 0.2) is 24.3 Å². The summed E-state index contributed by atoms with van der Waals surface area (Å²) in [5, 5.41) is 2.92. The van der Waals surface area contributed by atoms with Crippen LogP contribution in [0, 0.1) is 5.92 Å². The molecule has 2 nitrogen and oxygen atoms in total. The van der Waals surface area contributed by atoms with Crippen LogP contribution in [0.1, 0.15) is 11.1 Å². The molecule has 5 heteroatoms. The van der Waals surface area contributed by atoms with Crippen LogP contribution in [0.4, 0.5) is 13.2 Å². The third-order valence-electron chi connectivity index (χ3n) is 4.43. The number of nitrogens with zero attached hydrogens (tertiary/aromatic N) is 1. The van der Waals surface area contributed by atoms with E-state index in [4.69, 9.17) is 0 Å². The van der Waals surface area contributed by atoms with E-state index in [1.54, 1.807) is 0 Å². The van der Waals surface area contributed by atoms with E-state index in [1.807, 2.05) is 17.0 Å². The van der Waals surface area contributed by atoms with Crippen molar-refractivity contribution in [2.45, 2.75) is 25.1 Å². The summed E-state index contributed by atoms with van der Waals surface area (Å²) >= 11 is 0. The van der Waals surface area contributed by atoms with Crippen LogP contribution in [0.2, 0.25) is 0 Å².